The molecule has 4 rings (SSSR count). The van der Waals surface area contributed by atoms with E-state index >= 15 is 0 Å². The van der Waals surface area contributed by atoms with E-state index in [1.54, 1.807) is 0 Å². The second kappa shape index (κ2) is 11.7. The van der Waals surface area contributed by atoms with Crippen LogP contribution in [-0.4, -0.2) is 21.4 Å². The first kappa shape index (κ1) is 26.6. The highest BCUT2D eigenvalue weighted by Gasteiger charge is 2.50. The fraction of sp³-hybridized carbons (Fsp3) is 0.242. The van der Waals surface area contributed by atoms with E-state index < -0.39 is 8.32 Å². The minimum atomic E-state index is -2.63. The number of methoxy groups -OCH3 is 1. The summed E-state index contributed by atoms with van der Waals surface area (Å²) in [4.78, 5) is 11.8. The molecule has 0 fully saturated rings. The highest BCUT2D eigenvalue weighted by atomic mass is 28.4. The monoisotopic (exact) mass is 508 g/mol. The lowest BCUT2D eigenvalue weighted by molar-refractivity contribution is -0.139. The van der Waals surface area contributed by atoms with Gasteiger partial charge >= 0.3 is 5.97 Å². The molecule has 0 amide bonds. The summed E-state index contributed by atoms with van der Waals surface area (Å²) in [5.74, 6) is -0.226. The van der Waals surface area contributed by atoms with Gasteiger partial charge in [0.25, 0.3) is 8.32 Å². The molecule has 0 unspecified atom stereocenters. The summed E-state index contributed by atoms with van der Waals surface area (Å²) in [5.41, 5.74) is 4.55. The lowest BCUT2D eigenvalue weighted by Gasteiger charge is -2.43. The Morgan fingerprint density at radius 3 is 1.81 bits per heavy atom. The smallest absolute Gasteiger partial charge is 0.309 e. The van der Waals surface area contributed by atoms with E-state index in [-0.39, 0.29) is 17.4 Å². The largest absolute Gasteiger partial charge is 0.469 e. The molecule has 0 radical (unpaired) electrons. The number of hydrogen-bond acceptors (Lipinski definition) is 3. The van der Waals surface area contributed by atoms with E-state index in [9.17, 15) is 4.79 Å². The van der Waals surface area contributed by atoms with Crippen LogP contribution >= 0.6 is 0 Å². The average molecular weight is 509 g/mol. The second-order valence-corrected chi connectivity index (χ2v) is 14.8. The zero-order valence-corrected chi connectivity index (χ0v) is 23.2. The summed E-state index contributed by atoms with van der Waals surface area (Å²) < 4.78 is 12.0. The zero-order valence-electron chi connectivity index (χ0n) is 22.2. The predicted molar refractivity (Wildman–Crippen MR) is 154 cm³/mol. The Morgan fingerprint density at radius 1 is 0.703 bits per heavy atom. The zero-order chi connectivity index (χ0) is 26.3. The van der Waals surface area contributed by atoms with Crippen molar-refractivity contribution in [2.24, 2.45) is 0 Å². The normalized spacial score (nSPS) is 11.8. The molecule has 3 nitrogen and oxygen atoms in total. The Morgan fingerprint density at radius 2 is 1.24 bits per heavy atom. The number of esters is 1. The number of rotatable bonds is 9. The van der Waals surface area contributed by atoms with Crippen molar-refractivity contribution >= 4 is 24.7 Å². The third-order valence-electron chi connectivity index (χ3n) is 6.94. The van der Waals surface area contributed by atoms with Crippen LogP contribution in [0.2, 0.25) is 5.04 Å². The molecule has 0 heterocycles. The van der Waals surface area contributed by atoms with Gasteiger partial charge in [-0.25, -0.2) is 0 Å². The predicted octanol–water partition coefficient (Wildman–Crippen LogP) is 6.07. The number of carbonyl (C=O) groups is 1. The average Bonchev–Trinajstić information content (AvgIpc) is 2.90. The van der Waals surface area contributed by atoms with Crippen molar-refractivity contribution in [2.75, 3.05) is 7.11 Å². The fourth-order valence-corrected chi connectivity index (χ4v) is 9.65. The van der Waals surface area contributed by atoms with Gasteiger partial charge in [0.1, 0.15) is 0 Å². The van der Waals surface area contributed by atoms with Crippen LogP contribution < -0.4 is 10.4 Å². The molecule has 0 spiro atoms. The van der Waals surface area contributed by atoms with Gasteiger partial charge in [-0.1, -0.05) is 130 Å². The third kappa shape index (κ3) is 6.09. The van der Waals surface area contributed by atoms with Crippen molar-refractivity contribution in [1.29, 1.82) is 0 Å². The number of hydrogen-bond donors (Lipinski definition) is 0. The molecule has 4 aromatic rings. The minimum Gasteiger partial charge on any atom is -0.469 e. The van der Waals surface area contributed by atoms with Crippen molar-refractivity contribution in [2.45, 2.75) is 45.3 Å². The SMILES string of the molecule is COC(=O)Cc1cccc(Cc2ccccc2CO[Si](c2ccccc2)(c2ccccc2)C(C)(C)C)c1. The summed E-state index contributed by atoms with van der Waals surface area (Å²) in [5, 5.41) is 2.48. The van der Waals surface area contributed by atoms with Crippen LogP contribution in [0.5, 0.6) is 0 Å². The Hall–Kier alpha value is -3.47. The van der Waals surface area contributed by atoms with Crippen LogP contribution in [0.25, 0.3) is 0 Å². The van der Waals surface area contributed by atoms with E-state index in [2.05, 4.69) is 118 Å². The molecule has 4 aromatic carbocycles. The molecular weight excluding hydrogens is 472 g/mol. The third-order valence-corrected chi connectivity index (χ3v) is 11.9. The first-order valence-corrected chi connectivity index (χ1v) is 14.7. The molecule has 0 aliphatic carbocycles. The van der Waals surface area contributed by atoms with Gasteiger partial charge < -0.3 is 9.16 Å². The Balaban J connectivity index is 1.67. The molecule has 0 aromatic heterocycles. The second-order valence-electron chi connectivity index (χ2n) is 10.5. The van der Waals surface area contributed by atoms with E-state index in [1.165, 1.54) is 34.2 Å². The summed E-state index contributed by atoms with van der Waals surface area (Å²) >= 11 is 0. The maximum Gasteiger partial charge on any atom is 0.309 e. The Kier molecular flexibility index (Phi) is 8.42. The van der Waals surface area contributed by atoms with Crippen LogP contribution in [0.4, 0.5) is 0 Å². The highest BCUT2D eigenvalue weighted by molar-refractivity contribution is 6.99. The molecule has 0 atom stereocenters. The lowest BCUT2D eigenvalue weighted by atomic mass is 9.98. The molecule has 0 aliphatic rings. The van der Waals surface area contributed by atoms with Crippen molar-refractivity contribution in [1.82, 2.24) is 0 Å². The van der Waals surface area contributed by atoms with E-state index in [0.29, 0.717) is 6.61 Å². The first-order valence-electron chi connectivity index (χ1n) is 12.8. The molecule has 0 aliphatic heterocycles. The van der Waals surface area contributed by atoms with E-state index in [1.807, 2.05) is 12.1 Å². The highest BCUT2D eigenvalue weighted by Crippen LogP contribution is 2.37. The minimum absolute atomic E-state index is 0.0765. The van der Waals surface area contributed by atoms with E-state index in [0.717, 1.165) is 12.0 Å². The molecule has 0 bridgehead atoms. The van der Waals surface area contributed by atoms with Crippen LogP contribution in [0.3, 0.4) is 0 Å². The van der Waals surface area contributed by atoms with Crippen molar-refractivity contribution in [3.8, 4) is 0 Å². The fourth-order valence-electron chi connectivity index (χ4n) is 5.13. The van der Waals surface area contributed by atoms with E-state index in [4.69, 9.17) is 9.16 Å². The van der Waals surface area contributed by atoms with Gasteiger partial charge in [-0.05, 0) is 44.1 Å². The number of ether oxygens (including phenoxy) is 1. The Labute approximate surface area is 222 Å². The van der Waals surface area contributed by atoms with Crippen LogP contribution in [0.1, 0.15) is 43.0 Å². The van der Waals surface area contributed by atoms with Gasteiger partial charge in [0.15, 0.2) is 0 Å². The summed E-state index contributed by atoms with van der Waals surface area (Å²) in [6, 6.07) is 38.2. The summed E-state index contributed by atoms with van der Waals surface area (Å²) in [6.07, 6.45) is 1.05. The molecule has 4 heteroatoms. The molecule has 0 saturated carbocycles. The lowest BCUT2D eigenvalue weighted by Crippen LogP contribution is -2.66. The molecule has 0 saturated heterocycles. The van der Waals surface area contributed by atoms with Crippen LogP contribution in [-0.2, 0) is 33.4 Å². The quantitative estimate of drug-likeness (QED) is 0.203. The first-order chi connectivity index (χ1) is 17.8. The van der Waals surface area contributed by atoms with Gasteiger partial charge in [0.2, 0.25) is 0 Å². The Bertz CT molecular complexity index is 1270. The van der Waals surface area contributed by atoms with Crippen molar-refractivity contribution in [3.05, 3.63) is 131 Å². The van der Waals surface area contributed by atoms with Gasteiger partial charge in [-0.3, -0.25) is 4.79 Å². The summed E-state index contributed by atoms with van der Waals surface area (Å²) in [6.45, 7) is 7.44. The maximum absolute atomic E-state index is 11.8. The van der Waals surface area contributed by atoms with Gasteiger partial charge in [-0.15, -0.1) is 0 Å². The maximum atomic E-state index is 11.8. The number of carbonyl (C=O) groups excluding carboxylic acids is 1. The van der Waals surface area contributed by atoms with Crippen molar-refractivity contribution in [3.63, 3.8) is 0 Å². The molecular formula is C33H36O3Si. The van der Waals surface area contributed by atoms with Crippen molar-refractivity contribution < 1.29 is 14.0 Å². The van der Waals surface area contributed by atoms with Crippen LogP contribution in [0, 0.1) is 0 Å². The standard InChI is InChI=1S/C33H36O3Si/c1-33(2,3)37(30-18-7-5-8-19-30,31-20-9-6-10-21-31)36-25-29-17-12-11-16-28(29)23-26-14-13-15-27(22-26)24-32(34)35-4/h5-22H,23-25H2,1-4H3. The number of benzene rings is 4. The van der Waals surface area contributed by atoms with Gasteiger partial charge in [0, 0.05) is 0 Å². The molecule has 37 heavy (non-hydrogen) atoms. The van der Waals surface area contributed by atoms with Crippen LogP contribution in [0.15, 0.2) is 109 Å². The molecule has 190 valence electrons. The summed E-state index contributed by atoms with van der Waals surface area (Å²) in [7, 11) is -1.21. The topological polar surface area (TPSA) is 35.5 Å². The molecule has 0 N–H and O–H groups in total. The van der Waals surface area contributed by atoms with Gasteiger partial charge in [-0.2, -0.15) is 0 Å². The van der Waals surface area contributed by atoms with Gasteiger partial charge in [0.05, 0.1) is 20.1 Å².